The molecule has 9 aromatic heterocycles. The van der Waals surface area contributed by atoms with E-state index in [1.54, 1.807) is 12.4 Å². The lowest BCUT2D eigenvalue weighted by atomic mass is 10.0. The summed E-state index contributed by atoms with van der Waals surface area (Å²) in [5, 5.41) is 6.33. The molecule has 0 unspecified atom stereocenters. The van der Waals surface area contributed by atoms with Gasteiger partial charge in [-0.1, -0.05) is 150 Å². The molecule has 0 aliphatic rings. The highest BCUT2D eigenvalue weighted by Gasteiger charge is 2.14. The van der Waals surface area contributed by atoms with Gasteiger partial charge in [0.25, 0.3) is 0 Å². The summed E-state index contributed by atoms with van der Waals surface area (Å²) in [5.41, 5.74) is 22.4. The maximum atomic E-state index is 5.80. The zero-order chi connectivity index (χ0) is 54.1. The number of nitrogens with zero attached hydrogens (tertiary/aromatic N) is 5. The number of furan rings is 4. The van der Waals surface area contributed by atoms with E-state index in [4.69, 9.17) is 22.7 Å². The number of fused-ring (bicyclic) bond motifs is 12. The first kappa shape index (κ1) is 49.1. The van der Waals surface area contributed by atoms with Crippen molar-refractivity contribution in [2.45, 2.75) is 27.7 Å². The summed E-state index contributed by atoms with van der Waals surface area (Å²) in [5.74, 6) is 0. The Hall–Kier alpha value is -10.5. The number of hydrogen-bond acceptors (Lipinski definition) is 9. The maximum absolute atomic E-state index is 5.80. The number of hydrogen-bond donors (Lipinski definition) is 0. The average Bonchev–Trinajstić information content (AvgIpc) is 4.28. The SMILES string of the molecule is Cc1cccc(-c2ccc3oc4ccccc4c3n2)c1.Cc1cccc(-c2ccc3oc4cccnc4c3c2)c1.Cc1cccc(-c2cnc3oc4ccccc4c3c2)c1.Cc1cccc(-c2cnc3oc4ccncc4c3c2)c1. The van der Waals surface area contributed by atoms with E-state index in [0.29, 0.717) is 11.4 Å². The van der Waals surface area contributed by atoms with Gasteiger partial charge in [-0.3, -0.25) is 9.97 Å². The first-order valence-electron chi connectivity index (χ1n) is 26.5. The normalized spacial score (nSPS) is 11.2. The van der Waals surface area contributed by atoms with Crippen LogP contribution in [0.2, 0.25) is 0 Å². The number of benzene rings is 7. The smallest absolute Gasteiger partial charge is 0.227 e. The van der Waals surface area contributed by atoms with Crippen molar-refractivity contribution >= 4 is 88.3 Å². The third kappa shape index (κ3) is 9.91. The molecule has 0 fully saturated rings. The van der Waals surface area contributed by atoms with Crippen LogP contribution >= 0.6 is 0 Å². The Kier molecular flexibility index (Phi) is 13.0. The zero-order valence-electron chi connectivity index (χ0n) is 44.4. The van der Waals surface area contributed by atoms with Crippen molar-refractivity contribution in [1.29, 1.82) is 0 Å². The largest absolute Gasteiger partial charge is 0.454 e. The molecule has 0 aliphatic carbocycles. The van der Waals surface area contributed by atoms with E-state index in [0.717, 1.165) is 105 Å². The third-order valence-electron chi connectivity index (χ3n) is 14.2. The fourth-order valence-corrected chi connectivity index (χ4v) is 10.2. The fourth-order valence-electron chi connectivity index (χ4n) is 10.2. The van der Waals surface area contributed by atoms with E-state index in [-0.39, 0.29) is 0 Å². The van der Waals surface area contributed by atoms with Gasteiger partial charge < -0.3 is 17.7 Å². The summed E-state index contributed by atoms with van der Waals surface area (Å²) in [6.45, 7) is 8.39. The van der Waals surface area contributed by atoms with E-state index in [9.17, 15) is 0 Å². The van der Waals surface area contributed by atoms with Crippen LogP contribution in [0.3, 0.4) is 0 Å². The van der Waals surface area contributed by atoms with Crippen LogP contribution in [0.5, 0.6) is 0 Å². The molecule has 80 heavy (non-hydrogen) atoms. The topological polar surface area (TPSA) is 117 Å². The van der Waals surface area contributed by atoms with Crippen molar-refractivity contribution in [3.63, 3.8) is 0 Å². The van der Waals surface area contributed by atoms with Crippen LogP contribution in [0.4, 0.5) is 0 Å². The lowest BCUT2D eigenvalue weighted by Gasteiger charge is -2.02. The monoisotopic (exact) mass is 1040 g/mol. The molecule has 0 saturated heterocycles. The van der Waals surface area contributed by atoms with Crippen molar-refractivity contribution in [3.8, 4) is 44.6 Å². The first-order chi connectivity index (χ1) is 39.2. The Labute approximate surface area is 460 Å². The van der Waals surface area contributed by atoms with Gasteiger partial charge in [0.15, 0.2) is 11.2 Å². The van der Waals surface area contributed by atoms with Crippen LogP contribution in [0.25, 0.3) is 133 Å². The van der Waals surface area contributed by atoms with Crippen molar-refractivity contribution in [3.05, 3.63) is 259 Å². The third-order valence-corrected chi connectivity index (χ3v) is 14.2. The lowest BCUT2D eigenvalue weighted by Crippen LogP contribution is -1.84. The van der Waals surface area contributed by atoms with Gasteiger partial charge in [-0.25, -0.2) is 15.0 Å². The molecule has 0 amide bonds. The Morgan fingerprint density at radius 3 is 1.39 bits per heavy atom. The standard InChI is InChI=1S/3C18H13NO.C17H12N2O/c1-12-4-2-5-13(10-12)14-7-8-16-15(11-14)18-17(20-16)6-3-9-19-18;1-12-5-4-6-13(9-12)14-10-16-15-7-2-3-8-17(15)20-18(16)19-11-14;1-12-5-4-6-13(11-12)15-9-10-17-18(19-15)14-7-2-3-8-16(14)20-17;1-11-3-2-4-12(7-11)13-8-14-15-10-18-6-5-16(15)20-17(14)19-9-13/h3*2-11H,1H3;2-10H,1H3. The van der Waals surface area contributed by atoms with Crippen molar-refractivity contribution in [1.82, 2.24) is 24.9 Å². The Morgan fingerprint density at radius 2 is 0.750 bits per heavy atom. The van der Waals surface area contributed by atoms with Crippen LogP contribution in [0, 0.1) is 27.7 Å². The number of rotatable bonds is 4. The zero-order valence-corrected chi connectivity index (χ0v) is 44.4. The van der Waals surface area contributed by atoms with E-state index in [1.807, 2.05) is 97.5 Å². The molecule has 0 aliphatic heterocycles. The van der Waals surface area contributed by atoms with Crippen LogP contribution in [0.1, 0.15) is 22.3 Å². The second-order valence-corrected chi connectivity index (χ2v) is 20.0. The predicted molar refractivity (Wildman–Crippen MR) is 325 cm³/mol. The van der Waals surface area contributed by atoms with Gasteiger partial charge in [0.2, 0.25) is 11.4 Å². The molecule has 16 aromatic rings. The van der Waals surface area contributed by atoms with Gasteiger partial charge in [0.05, 0.1) is 11.1 Å². The van der Waals surface area contributed by atoms with Crippen molar-refractivity contribution < 1.29 is 17.7 Å². The minimum Gasteiger partial charge on any atom is -0.454 e. The molecule has 384 valence electrons. The van der Waals surface area contributed by atoms with Gasteiger partial charge >= 0.3 is 0 Å². The number of para-hydroxylation sites is 2. The number of aryl methyl sites for hydroxylation is 4. The van der Waals surface area contributed by atoms with E-state index < -0.39 is 0 Å². The molecular formula is C71H51N5O4. The van der Waals surface area contributed by atoms with Crippen LogP contribution in [-0.4, -0.2) is 24.9 Å². The molecular weight excluding hydrogens is 987 g/mol. The minimum absolute atomic E-state index is 0.657. The maximum Gasteiger partial charge on any atom is 0.227 e. The van der Waals surface area contributed by atoms with E-state index >= 15 is 0 Å². The highest BCUT2D eigenvalue weighted by molar-refractivity contribution is 6.07. The molecule has 9 heterocycles. The lowest BCUT2D eigenvalue weighted by molar-refractivity contribution is 0.653. The Morgan fingerprint density at radius 1 is 0.275 bits per heavy atom. The summed E-state index contributed by atoms with van der Waals surface area (Å²) < 4.78 is 23.1. The van der Waals surface area contributed by atoms with Gasteiger partial charge in [0.1, 0.15) is 33.4 Å². The average molecular weight is 1040 g/mol. The summed E-state index contributed by atoms with van der Waals surface area (Å²) in [6, 6.07) is 70.1. The quantitative estimate of drug-likeness (QED) is 0.170. The fraction of sp³-hybridized carbons (Fsp3) is 0.0563. The second kappa shape index (κ2) is 21.1. The second-order valence-electron chi connectivity index (χ2n) is 20.0. The van der Waals surface area contributed by atoms with Crippen LogP contribution in [0.15, 0.2) is 255 Å². The Bertz CT molecular complexity index is 4310. The Balaban J connectivity index is 0.000000101. The van der Waals surface area contributed by atoms with E-state index in [2.05, 4.69) is 175 Å². The summed E-state index contributed by atoms with van der Waals surface area (Å²) in [4.78, 5) is 22.3. The van der Waals surface area contributed by atoms with Crippen LogP contribution < -0.4 is 0 Å². The first-order valence-corrected chi connectivity index (χ1v) is 26.5. The molecule has 0 spiro atoms. The molecule has 9 heteroatoms. The van der Waals surface area contributed by atoms with Crippen LogP contribution in [-0.2, 0) is 0 Å². The van der Waals surface area contributed by atoms with Gasteiger partial charge in [-0.15, -0.1) is 0 Å². The molecule has 9 nitrogen and oxygen atoms in total. The van der Waals surface area contributed by atoms with Crippen molar-refractivity contribution in [2.75, 3.05) is 0 Å². The molecule has 0 bridgehead atoms. The molecule has 16 rings (SSSR count). The van der Waals surface area contributed by atoms with Gasteiger partial charge in [0, 0.05) is 74.6 Å². The molecule has 0 radical (unpaired) electrons. The highest BCUT2D eigenvalue weighted by atomic mass is 16.3. The molecule has 0 atom stereocenters. The predicted octanol–water partition coefficient (Wildman–Crippen LogP) is 19.2. The summed E-state index contributed by atoms with van der Waals surface area (Å²) in [6.07, 6.45) is 9.08. The minimum atomic E-state index is 0.657. The molecule has 0 N–H and O–H groups in total. The summed E-state index contributed by atoms with van der Waals surface area (Å²) >= 11 is 0. The summed E-state index contributed by atoms with van der Waals surface area (Å²) in [7, 11) is 0. The number of pyridine rings is 5. The highest BCUT2D eigenvalue weighted by Crippen LogP contribution is 2.35. The molecule has 7 aromatic carbocycles. The number of aromatic nitrogens is 5. The molecule has 0 saturated carbocycles. The van der Waals surface area contributed by atoms with Crippen molar-refractivity contribution in [2.24, 2.45) is 0 Å². The van der Waals surface area contributed by atoms with Gasteiger partial charge in [-0.2, -0.15) is 0 Å². The van der Waals surface area contributed by atoms with E-state index in [1.165, 1.54) is 38.9 Å². The van der Waals surface area contributed by atoms with Gasteiger partial charge in [-0.05, 0) is 129 Å².